The predicted octanol–water partition coefficient (Wildman–Crippen LogP) is 3.08. The summed E-state index contributed by atoms with van der Waals surface area (Å²) >= 11 is 0. The third-order valence-electron chi connectivity index (χ3n) is 4.83. The van der Waals surface area contributed by atoms with Crippen molar-refractivity contribution in [2.45, 2.75) is 18.8 Å². The molecular formula is C17H20O4. The van der Waals surface area contributed by atoms with Gasteiger partial charge in [0, 0.05) is 12.0 Å². The van der Waals surface area contributed by atoms with Crippen molar-refractivity contribution < 1.29 is 19.4 Å². The van der Waals surface area contributed by atoms with Gasteiger partial charge in [-0.2, -0.15) is 0 Å². The van der Waals surface area contributed by atoms with Crippen LogP contribution in [0.15, 0.2) is 30.4 Å². The lowest BCUT2D eigenvalue weighted by Crippen LogP contribution is -2.21. The molecule has 21 heavy (non-hydrogen) atoms. The third kappa shape index (κ3) is 2.28. The van der Waals surface area contributed by atoms with Crippen LogP contribution in [0.4, 0.5) is 0 Å². The first-order valence-corrected chi connectivity index (χ1v) is 7.26. The van der Waals surface area contributed by atoms with Crippen LogP contribution in [0.2, 0.25) is 0 Å². The average molecular weight is 288 g/mol. The summed E-state index contributed by atoms with van der Waals surface area (Å²) in [5.41, 5.74) is 1.07. The van der Waals surface area contributed by atoms with E-state index in [9.17, 15) is 9.90 Å². The minimum absolute atomic E-state index is 0.138. The monoisotopic (exact) mass is 288 g/mol. The number of hydrogen-bond donors (Lipinski definition) is 1. The number of rotatable bonds is 5. The number of carboxylic acid groups (broad SMARTS) is 1. The molecule has 3 rings (SSSR count). The Bertz CT molecular complexity index is 578. The molecule has 2 bridgehead atoms. The Morgan fingerprint density at radius 2 is 2.00 bits per heavy atom. The maximum atomic E-state index is 11.2. The van der Waals surface area contributed by atoms with Crippen LogP contribution in [0.5, 0.6) is 11.5 Å². The van der Waals surface area contributed by atoms with Crippen molar-refractivity contribution in [2.24, 2.45) is 17.8 Å². The van der Waals surface area contributed by atoms with Gasteiger partial charge < -0.3 is 14.6 Å². The highest BCUT2D eigenvalue weighted by Crippen LogP contribution is 2.56. The topological polar surface area (TPSA) is 55.8 Å². The van der Waals surface area contributed by atoms with Crippen LogP contribution in [0.25, 0.3) is 0 Å². The Morgan fingerprint density at radius 1 is 1.24 bits per heavy atom. The minimum atomic E-state index is -0.729. The van der Waals surface area contributed by atoms with Gasteiger partial charge in [0.2, 0.25) is 0 Å². The van der Waals surface area contributed by atoms with E-state index in [2.05, 4.69) is 12.2 Å². The molecule has 1 N–H and O–H groups in total. The molecule has 4 nitrogen and oxygen atoms in total. The summed E-state index contributed by atoms with van der Waals surface area (Å²) in [4.78, 5) is 11.2. The number of fused-ring (bicyclic) bond motifs is 2. The Labute approximate surface area is 124 Å². The van der Waals surface area contributed by atoms with Gasteiger partial charge in [0.05, 0.1) is 14.2 Å². The number of benzene rings is 1. The van der Waals surface area contributed by atoms with E-state index in [1.165, 1.54) is 0 Å². The number of methoxy groups -OCH3 is 2. The molecule has 1 aromatic rings. The van der Waals surface area contributed by atoms with Crippen LogP contribution < -0.4 is 9.47 Å². The van der Waals surface area contributed by atoms with Crippen molar-refractivity contribution in [3.05, 3.63) is 35.9 Å². The highest BCUT2D eigenvalue weighted by Gasteiger charge is 2.46. The van der Waals surface area contributed by atoms with E-state index < -0.39 is 5.97 Å². The van der Waals surface area contributed by atoms with Crippen molar-refractivity contribution in [2.75, 3.05) is 14.2 Å². The molecule has 0 aromatic heterocycles. The minimum Gasteiger partial charge on any atom is -0.493 e. The average Bonchev–Trinajstić information content (AvgIpc) is 3.07. The molecule has 4 atom stereocenters. The zero-order valence-corrected chi connectivity index (χ0v) is 12.3. The number of hydrogen-bond acceptors (Lipinski definition) is 3. The number of carboxylic acids is 1. The number of carbonyl (C=O) groups is 1. The van der Waals surface area contributed by atoms with Crippen LogP contribution in [-0.4, -0.2) is 25.3 Å². The van der Waals surface area contributed by atoms with Crippen molar-refractivity contribution in [3.63, 3.8) is 0 Å². The largest absolute Gasteiger partial charge is 0.493 e. The van der Waals surface area contributed by atoms with Gasteiger partial charge in [0.15, 0.2) is 11.5 Å². The second kappa shape index (κ2) is 5.43. The van der Waals surface area contributed by atoms with Crippen LogP contribution in [0.3, 0.4) is 0 Å². The number of allylic oxidation sites excluding steroid dienone is 2. The molecule has 0 amide bonds. The lowest BCUT2D eigenvalue weighted by Gasteiger charge is -2.29. The summed E-state index contributed by atoms with van der Waals surface area (Å²) in [6, 6.07) is 5.86. The zero-order chi connectivity index (χ0) is 15.0. The first-order valence-electron chi connectivity index (χ1n) is 7.26. The van der Waals surface area contributed by atoms with E-state index in [1.54, 1.807) is 14.2 Å². The summed E-state index contributed by atoms with van der Waals surface area (Å²) in [6.45, 7) is 0. The molecule has 4 unspecified atom stereocenters. The van der Waals surface area contributed by atoms with Crippen molar-refractivity contribution in [1.29, 1.82) is 0 Å². The summed E-state index contributed by atoms with van der Waals surface area (Å²) in [6.07, 6.45) is 5.66. The highest BCUT2D eigenvalue weighted by molar-refractivity contribution is 5.67. The molecule has 1 aromatic carbocycles. The maximum Gasteiger partial charge on any atom is 0.303 e. The van der Waals surface area contributed by atoms with E-state index in [4.69, 9.17) is 9.47 Å². The quantitative estimate of drug-likeness (QED) is 0.846. The Balaban J connectivity index is 2.02. The van der Waals surface area contributed by atoms with Gasteiger partial charge in [-0.25, -0.2) is 0 Å². The smallest absolute Gasteiger partial charge is 0.303 e. The lowest BCUT2D eigenvalue weighted by atomic mass is 9.76. The second-order valence-corrected chi connectivity index (χ2v) is 5.82. The molecule has 0 spiro atoms. The van der Waals surface area contributed by atoms with Gasteiger partial charge in [0.25, 0.3) is 0 Å². The van der Waals surface area contributed by atoms with Crippen LogP contribution >= 0.6 is 0 Å². The summed E-state index contributed by atoms with van der Waals surface area (Å²) in [5.74, 6) is 1.82. The van der Waals surface area contributed by atoms with Crippen LogP contribution in [0.1, 0.15) is 24.3 Å². The normalized spacial score (nSPS) is 29.6. The first-order chi connectivity index (χ1) is 10.2. The number of para-hydroxylation sites is 1. The molecule has 112 valence electrons. The number of ether oxygens (including phenoxy) is 2. The van der Waals surface area contributed by atoms with Crippen molar-refractivity contribution >= 4 is 5.97 Å². The standard InChI is InChI=1S/C17H20O4/c1-20-14-5-3-4-12(17(14)21-2)16-11-7-6-10(8-11)13(16)9-15(18)19/h3-7,10-11,13,16H,8-9H2,1-2H3,(H,18,19). The van der Waals surface area contributed by atoms with Crippen molar-refractivity contribution in [3.8, 4) is 11.5 Å². The second-order valence-electron chi connectivity index (χ2n) is 5.82. The molecule has 2 aliphatic carbocycles. The molecular weight excluding hydrogens is 268 g/mol. The molecule has 2 aliphatic rings. The first kappa shape index (κ1) is 14.0. The Morgan fingerprint density at radius 3 is 2.67 bits per heavy atom. The van der Waals surface area contributed by atoms with Gasteiger partial charge in [-0.05, 0) is 36.2 Å². The van der Waals surface area contributed by atoms with E-state index in [0.29, 0.717) is 17.6 Å². The SMILES string of the molecule is COc1cccc(C2C3C=CC(C3)C2CC(=O)O)c1OC. The van der Waals surface area contributed by atoms with E-state index in [-0.39, 0.29) is 18.3 Å². The fourth-order valence-corrected chi connectivity index (χ4v) is 4.04. The maximum absolute atomic E-state index is 11.2. The van der Waals surface area contributed by atoms with Crippen LogP contribution in [0, 0.1) is 17.8 Å². The Kier molecular flexibility index (Phi) is 3.62. The highest BCUT2D eigenvalue weighted by atomic mass is 16.5. The third-order valence-corrected chi connectivity index (χ3v) is 4.83. The van der Waals surface area contributed by atoms with Crippen LogP contribution in [-0.2, 0) is 4.79 Å². The van der Waals surface area contributed by atoms with E-state index in [0.717, 1.165) is 17.7 Å². The molecule has 0 heterocycles. The Hall–Kier alpha value is -1.97. The van der Waals surface area contributed by atoms with Gasteiger partial charge in [-0.1, -0.05) is 24.3 Å². The van der Waals surface area contributed by atoms with Gasteiger partial charge in [-0.3, -0.25) is 4.79 Å². The molecule has 1 fully saturated rings. The van der Waals surface area contributed by atoms with E-state index >= 15 is 0 Å². The predicted molar refractivity (Wildman–Crippen MR) is 78.8 cm³/mol. The molecule has 0 aliphatic heterocycles. The fourth-order valence-electron chi connectivity index (χ4n) is 4.04. The zero-order valence-electron chi connectivity index (χ0n) is 12.3. The molecule has 0 saturated heterocycles. The van der Waals surface area contributed by atoms with E-state index in [1.807, 2.05) is 18.2 Å². The van der Waals surface area contributed by atoms with Gasteiger partial charge >= 0.3 is 5.97 Å². The summed E-state index contributed by atoms with van der Waals surface area (Å²) in [7, 11) is 3.26. The molecule has 4 heteroatoms. The fraction of sp³-hybridized carbons (Fsp3) is 0.471. The van der Waals surface area contributed by atoms with Crippen molar-refractivity contribution in [1.82, 2.24) is 0 Å². The lowest BCUT2D eigenvalue weighted by molar-refractivity contribution is -0.138. The molecule has 0 radical (unpaired) electrons. The summed E-state index contributed by atoms with van der Waals surface area (Å²) in [5, 5.41) is 9.21. The molecule has 1 saturated carbocycles. The summed E-state index contributed by atoms with van der Waals surface area (Å²) < 4.78 is 10.9. The van der Waals surface area contributed by atoms with Gasteiger partial charge in [-0.15, -0.1) is 0 Å². The number of aliphatic carboxylic acids is 1. The van der Waals surface area contributed by atoms with Gasteiger partial charge in [0.1, 0.15) is 0 Å².